The minimum Gasteiger partial charge on any atom is -0.466 e. The van der Waals surface area contributed by atoms with Gasteiger partial charge in [0, 0.05) is 29.7 Å². The average Bonchev–Trinajstić information content (AvgIpc) is 2.65. The fraction of sp³-hybridized carbons (Fsp3) is 0.450. The summed E-state index contributed by atoms with van der Waals surface area (Å²) in [6, 6.07) is 0. The maximum Gasteiger partial charge on any atom is 0.417 e. The summed E-state index contributed by atoms with van der Waals surface area (Å²) < 4.78 is 15.1. The van der Waals surface area contributed by atoms with Crippen LogP contribution < -0.4 is 5.32 Å². The van der Waals surface area contributed by atoms with Crippen molar-refractivity contribution in [2.45, 2.75) is 40.2 Å². The smallest absolute Gasteiger partial charge is 0.417 e. The highest BCUT2D eigenvalue weighted by Gasteiger charge is 2.39. The summed E-state index contributed by atoms with van der Waals surface area (Å²) in [5.41, 5.74) is 2.45. The first-order chi connectivity index (χ1) is 13.2. The minimum absolute atomic E-state index is 0.301. The number of amides is 1. The molecule has 0 spiro atoms. The topological polar surface area (TPSA) is 94.2 Å². The molecule has 8 heteroatoms. The van der Waals surface area contributed by atoms with Crippen LogP contribution in [0.3, 0.4) is 0 Å². The first-order valence-corrected chi connectivity index (χ1v) is 8.92. The van der Waals surface area contributed by atoms with Crippen LogP contribution in [0.2, 0.25) is 0 Å². The van der Waals surface area contributed by atoms with Gasteiger partial charge in [0.1, 0.15) is 0 Å². The summed E-state index contributed by atoms with van der Waals surface area (Å²) in [4.78, 5) is 38.6. The van der Waals surface area contributed by atoms with Gasteiger partial charge in [0.05, 0.1) is 31.5 Å². The van der Waals surface area contributed by atoms with Crippen LogP contribution in [0.5, 0.6) is 0 Å². The van der Waals surface area contributed by atoms with Gasteiger partial charge >= 0.3 is 18.0 Å². The highest BCUT2D eigenvalue weighted by molar-refractivity contribution is 5.99. The summed E-state index contributed by atoms with van der Waals surface area (Å²) in [5, 5.41) is 3.07. The molecule has 0 aromatic carbocycles. The van der Waals surface area contributed by atoms with Crippen molar-refractivity contribution in [2.24, 2.45) is 5.92 Å². The number of hydrogen-bond donors (Lipinski definition) is 1. The Kier molecular flexibility index (Phi) is 6.66. The van der Waals surface area contributed by atoms with E-state index in [9.17, 15) is 14.4 Å². The van der Waals surface area contributed by atoms with Crippen LogP contribution in [0.25, 0.3) is 0 Å². The van der Waals surface area contributed by atoms with E-state index in [0.717, 1.165) is 0 Å². The summed E-state index contributed by atoms with van der Waals surface area (Å²) in [6.07, 6.45) is 4.46. The van der Waals surface area contributed by atoms with E-state index >= 15 is 0 Å². The van der Waals surface area contributed by atoms with Gasteiger partial charge in [-0.05, 0) is 39.7 Å². The summed E-state index contributed by atoms with van der Waals surface area (Å²) in [6.45, 7) is 7.00. The lowest BCUT2D eigenvalue weighted by atomic mass is 9.78. The third-order valence-corrected chi connectivity index (χ3v) is 4.41. The second-order valence-electron chi connectivity index (χ2n) is 6.75. The van der Waals surface area contributed by atoms with Crippen molar-refractivity contribution >= 4 is 18.0 Å². The van der Waals surface area contributed by atoms with Gasteiger partial charge in [0.15, 0.2) is 0 Å². The van der Waals surface area contributed by atoms with Crippen molar-refractivity contribution in [1.29, 1.82) is 0 Å². The van der Waals surface area contributed by atoms with E-state index in [1.807, 2.05) is 0 Å². The van der Waals surface area contributed by atoms with Gasteiger partial charge in [-0.15, -0.1) is 0 Å². The molecule has 0 aromatic rings. The lowest BCUT2D eigenvalue weighted by molar-refractivity contribution is -0.143. The van der Waals surface area contributed by atoms with E-state index in [0.29, 0.717) is 34.5 Å². The molecule has 0 aromatic heterocycles. The lowest BCUT2D eigenvalue weighted by Crippen LogP contribution is -2.36. The average molecular weight is 390 g/mol. The number of allylic oxidation sites excluding steroid dienone is 4. The number of hydrogen-bond acceptors (Lipinski definition) is 7. The Morgan fingerprint density at radius 2 is 1.68 bits per heavy atom. The molecule has 1 N–H and O–H groups in total. The maximum absolute atomic E-state index is 12.9. The number of carbonyl (C=O) groups excluding carboxylic acids is 3. The minimum atomic E-state index is -0.711. The van der Waals surface area contributed by atoms with Gasteiger partial charge < -0.3 is 19.5 Å². The van der Waals surface area contributed by atoms with Crippen LogP contribution in [0.15, 0.2) is 46.6 Å². The largest absolute Gasteiger partial charge is 0.466 e. The lowest BCUT2D eigenvalue weighted by Gasteiger charge is -2.33. The molecule has 152 valence electrons. The van der Waals surface area contributed by atoms with E-state index in [-0.39, 0.29) is 6.10 Å². The number of nitrogens with one attached hydrogen (secondary N) is 1. The van der Waals surface area contributed by atoms with Crippen molar-refractivity contribution in [2.75, 3.05) is 14.2 Å². The van der Waals surface area contributed by atoms with Crippen LogP contribution >= 0.6 is 0 Å². The fourth-order valence-corrected chi connectivity index (χ4v) is 3.28. The first-order valence-electron chi connectivity index (χ1n) is 8.92. The molecule has 0 saturated carbocycles. The Labute approximate surface area is 164 Å². The summed E-state index contributed by atoms with van der Waals surface area (Å²) in [7, 11) is 2.56. The Bertz CT molecular complexity index is 804. The molecule has 0 radical (unpaired) electrons. The molecule has 2 heterocycles. The molecule has 2 aliphatic rings. The van der Waals surface area contributed by atoms with E-state index in [2.05, 4.69) is 5.32 Å². The van der Waals surface area contributed by atoms with Crippen LogP contribution in [0, 0.1) is 5.92 Å². The van der Waals surface area contributed by atoms with Crippen LogP contribution in [0.1, 0.15) is 34.1 Å². The summed E-state index contributed by atoms with van der Waals surface area (Å²) >= 11 is 0. The molecular formula is C20H26N2O6. The Morgan fingerprint density at radius 3 is 2.21 bits per heavy atom. The van der Waals surface area contributed by atoms with Gasteiger partial charge in [-0.2, -0.15) is 0 Å². The number of dihydropyridines is 1. The Hall–Kier alpha value is -3.03. The Balaban J connectivity index is 2.60. The van der Waals surface area contributed by atoms with Crippen LogP contribution in [0.4, 0.5) is 4.79 Å². The van der Waals surface area contributed by atoms with Gasteiger partial charge in [-0.25, -0.2) is 14.4 Å². The van der Waals surface area contributed by atoms with Crippen LogP contribution in [-0.2, 0) is 23.8 Å². The SMILES string of the molecule is COC(=O)C1=C(C)NC(C)=C(C(=O)OC(C)C)C1C1=CN(C(=O)OC)C=CC1. The first kappa shape index (κ1) is 21.3. The maximum atomic E-state index is 12.9. The number of methoxy groups -OCH3 is 2. The van der Waals surface area contributed by atoms with Crippen LogP contribution in [-0.4, -0.2) is 43.3 Å². The molecule has 1 amide bonds. The predicted octanol–water partition coefficient (Wildman–Crippen LogP) is 2.75. The fourth-order valence-electron chi connectivity index (χ4n) is 3.28. The highest BCUT2D eigenvalue weighted by atomic mass is 16.5. The molecule has 2 aliphatic heterocycles. The highest BCUT2D eigenvalue weighted by Crippen LogP contribution is 2.39. The monoisotopic (exact) mass is 390 g/mol. The second-order valence-corrected chi connectivity index (χ2v) is 6.75. The molecule has 0 bridgehead atoms. The number of ether oxygens (including phenoxy) is 3. The van der Waals surface area contributed by atoms with Gasteiger partial charge in [0.2, 0.25) is 0 Å². The third kappa shape index (κ3) is 4.27. The number of nitrogens with zero attached hydrogens (tertiary/aromatic N) is 1. The van der Waals surface area contributed by atoms with Crippen molar-refractivity contribution < 1.29 is 28.6 Å². The quantitative estimate of drug-likeness (QED) is 0.583. The molecule has 0 saturated heterocycles. The normalized spacial score (nSPS) is 19.3. The van der Waals surface area contributed by atoms with Gasteiger partial charge in [-0.1, -0.05) is 6.08 Å². The molecule has 0 fully saturated rings. The number of esters is 2. The van der Waals surface area contributed by atoms with E-state index in [1.54, 1.807) is 46.2 Å². The van der Waals surface area contributed by atoms with Crippen molar-refractivity contribution in [1.82, 2.24) is 10.2 Å². The third-order valence-electron chi connectivity index (χ3n) is 4.41. The zero-order valence-electron chi connectivity index (χ0n) is 17.0. The predicted molar refractivity (Wildman–Crippen MR) is 101 cm³/mol. The van der Waals surface area contributed by atoms with Gasteiger partial charge in [-0.3, -0.25) is 4.90 Å². The number of carbonyl (C=O) groups is 3. The molecule has 28 heavy (non-hydrogen) atoms. The molecule has 0 aliphatic carbocycles. The van der Waals surface area contributed by atoms with Crippen molar-refractivity contribution in [3.63, 3.8) is 0 Å². The zero-order chi connectivity index (χ0) is 21.0. The number of rotatable bonds is 4. The Morgan fingerprint density at radius 1 is 1.07 bits per heavy atom. The molecule has 2 rings (SSSR count). The molecule has 1 atom stereocenters. The van der Waals surface area contributed by atoms with Crippen molar-refractivity contribution in [3.05, 3.63) is 46.6 Å². The van der Waals surface area contributed by atoms with Gasteiger partial charge in [0.25, 0.3) is 0 Å². The molecular weight excluding hydrogens is 364 g/mol. The van der Waals surface area contributed by atoms with Crippen molar-refractivity contribution in [3.8, 4) is 0 Å². The standard InChI is InChI=1S/C20H26N2O6/c1-11(2)28-19(24)16-13(4)21-12(3)15(18(23)26-5)17(16)14-8-7-9-22(10-14)20(25)27-6/h7,9-11,17,21H,8H2,1-6H3. The molecule has 1 unspecified atom stereocenters. The van der Waals surface area contributed by atoms with E-state index in [1.165, 1.54) is 19.1 Å². The summed E-state index contributed by atoms with van der Waals surface area (Å²) in [5.74, 6) is -1.80. The molecule has 8 nitrogen and oxygen atoms in total. The second kappa shape index (κ2) is 8.77. The van der Waals surface area contributed by atoms with E-state index < -0.39 is 23.9 Å². The van der Waals surface area contributed by atoms with E-state index in [4.69, 9.17) is 14.2 Å². The zero-order valence-corrected chi connectivity index (χ0v) is 17.0.